The van der Waals surface area contributed by atoms with E-state index >= 15 is 0 Å². The fraction of sp³-hybridized carbons (Fsp3) is 0.429. The number of hydrogen-bond donors (Lipinski definition) is 0. The summed E-state index contributed by atoms with van der Waals surface area (Å²) in [6.07, 6.45) is 1.75. The van der Waals surface area contributed by atoms with Crippen molar-refractivity contribution in [2.75, 3.05) is 6.54 Å². The zero-order valence-corrected chi connectivity index (χ0v) is 17.2. The van der Waals surface area contributed by atoms with Crippen LogP contribution in [0.3, 0.4) is 0 Å². The van der Waals surface area contributed by atoms with Crippen molar-refractivity contribution in [3.8, 4) is 5.75 Å². The van der Waals surface area contributed by atoms with E-state index in [4.69, 9.17) is 4.74 Å². The first-order valence-corrected chi connectivity index (χ1v) is 9.73. The third-order valence-corrected chi connectivity index (χ3v) is 5.09. The summed E-state index contributed by atoms with van der Waals surface area (Å²) in [6.45, 7) is 15.3. The van der Waals surface area contributed by atoms with Gasteiger partial charge in [0.05, 0.1) is 12.2 Å². The number of nitrogens with zero attached hydrogens (tertiary/aromatic N) is 2. The number of carbonyl (C=O) groups excluding carboxylic acids is 1. The highest BCUT2D eigenvalue weighted by molar-refractivity contribution is 7.09. The van der Waals surface area contributed by atoms with Gasteiger partial charge in [-0.25, -0.2) is 4.98 Å². The zero-order chi connectivity index (χ0) is 19.3. The lowest BCUT2D eigenvalue weighted by Gasteiger charge is -2.22. The monoisotopic (exact) mass is 372 g/mol. The topological polar surface area (TPSA) is 42.4 Å². The van der Waals surface area contributed by atoms with Gasteiger partial charge in [0.1, 0.15) is 17.4 Å². The number of benzene rings is 1. The average Bonchev–Trinajstić information content (AvgIpc) is 3.03. The SMILES string of the molecule is C=CCN(Cc1csc(COc2cc(C)cc(C)c2C)n1)C(=O)C(C)C. The zero-order valence-electron chi connectivity index (χ0n) is 16.3. The lowest BCUT2D eigenvalue weighted by Crippen LogP contribution is -2.34. The van der Waals surface area contributed by atoms with Gasteiger partial charge in [-0.1, -0.05) is 26.0 Å². The highest BCUT2D eigenvalue weighted by Gasteiger charge is 2.17. The lowest BCUT2D eigenvalue weighted by molar-refractivity contribution is -0.134. The maximum atomic E-state index is 12.3. The molecule has 4 nitrogen and oxygen atoms in total. The van der Waals surface area contributed by atoms with Crippen LogP contribution in [0.4, 0.5) is 0 Å². The average molecular weight is 373 g/mol. The van der Waals surface area contributed by atoms with Crippen molar-refractivity contribution in [2.24, 2.45) is 5.92 Å². The largest absolute Gasteiger partial charge is 0.486 e. The van der Waals surface area contributed by atoms with E-state index in [1.54, 1.807) is 22.3 Å². The molecule has 26 heavy (non-hydrogen) atoms. The van der Waals surface area contributed by atoms with Crippen molar-refractivity contribution in [2.45, 2.75) is 47.8 Å². The normalized spacial score (nSPS) is 10.8. The van der Waals surface area contributed by atoms with E-state index in [1.165, 1.54) is 11.1 Å². The van der Waals surface area contributed by atoms with Crippen LogP contribution in [0.2, 0.25) is 0 Å². The molecule has 0 saturated heterocycles. The van der Waals surface area contributed by atoms with Crippen LogP contribution in [-0.2, 0) is 17.9 Å². The Morgan fingerprint density at radius 1 is 1.35 bits per heavy atom. The predicted octanol–water partition coefficient (Wildman–Crippen LogP) is 4.82. The fourth-order valence-electron chi connectivity index (χ4n) is 2.73. The third-order valence-electron chi connectivity index (χ3n) is 4.22. The van der Waals surface area contributed by atoms with Crippen LogP contribution in [0.25, 0.3) is 0 Å². The van der Waals surface area contributed by atoms with E-state index in [2.05, 4.69) is 44.5 Å². The van der Waals surface area contributed by atoms with Crippen molar-refractivity contribution >= 4 is 17.2 Å². The van der Waals surface area contributed by atoms with E-state index in [1.807, 2.05) is 19.2 Å². The number of aryl methyl sites for hydroxylation is 2. The number of aromatic nitrogens is 1. The Morgan fingerprint density at radius 2 is 2.08 bits per heavy atom. The molecule has 2 aromatic rings. The van der Waals surface area contributed by atoms with Gasteiger partial charge in [0.15, 0.2) is 0 Å². The summed E-state index contributed by atoms with van der Waals surface area (Å²) < 4.78 is 5.99. The van der Waals surface area contributed by atoms with Gasteiger partial charge in [-0.3, -0.25) is 4.79 Å². The molecule has 0 fully saturated rings. The van der Waals surface area contributed by atoms with Crippen LogP contribution in [0, 0.1) is 26.7 Å². The summed E-state index contributed by atoms with van der Waals surface area (Å²) in [5, 5.41) is 2.91. The number of rotatable bonds is 8. The maximum Gasteiger partial charge on any atom is 0.225 e. The van der Waals surface area contributed by atoms with Crippen molar-refractivity contribution in [3.63, 3.8) is 0 Å². The Labute approximate surface area is 160 Å². The van der Waals surface area contributed by atoms with E-state index in [9.17, 15) is 4.79 Å². The molecule has 0 radical (unpaired) electrons. The molecular weight excluding hydrogens is 344 g/mol. The van der Waals surface area contributed by atoms with Crippen LogP contribution in [-0.4, -0.2) is 22.3 Å². The molecule has 2 rings (SSSR count). The van der Waals surface area contributed by atoms with Gasteiger partial charge in [-0.15, -0.1) is 17.9 Å². The van der Waals surface area contributed by atoms with Gasteiger partial charge in [-0.05, 0) is 43.5 Å². The lowest BCUT2D eigenvalue weighted by atomic mass is 10.1. The van der Waals surface area contributed by atoms with Crippen molar-refractivity contribution in [1.82, 2.24) is 9.88 Å². The molecule has 0 saturated carbocycles. The number of ether oxygens (including phenoxy) is 1. The molecule has 140 valence electrons. The maximum absolute atomic E-state index is 12.3. The summed E-state index contributed by atoms with van der Waals surface area (Å²) in [6, 6.07) is 4.22. The molecule has 0 N–H and O–H groups in total. The summed E-state index contributed by atoms with van der Waals surface area (Å²) in [4.78, 5) is 18.7. The van der Waals surface area contributed by atoms with E-state index < -0.39 is 0 Å². The van der Waals surface area contributed by atoms with Gasteiger partial charge < -0.3 is 9.64 Å². The van der Waals surface area contributed by atoms with Crippen molar-refractivity contribution in [3.05, 3.63) is 57.6 Å². The minimum Gasteiger partial charge on any atom is -0.486 e. The Hall–Kier alpha value is -2.14. The Kier molecular flexibility index (Phi) is 6.98. The number of amides is 1. The van der Waals surface area contributed by atoms with Gasteiger partial charge in [0.25, 0.3) is 0 Å². The second-order valence-corrected chi connectivity index (χ2v) is 7.83. The molecule has 0 aliphatic rings. The summed E-state index contributed by atoms with van der Waals surface area (Å²) >= 11 is 1.56. The standard InChI is InChI=1S/C21H28N2O2S/c1-7-8-23(21(24)14(2)3)11-18-13-26-20(22-18)12-25-19-10-15(4)9-16(5)17(19)6/h7,9-10,13-14H,1,8,11-12H2,2-6H3. The molecule has 1 aromatic carbocycles. The Morgan fingerprint density at radius 3 is 2.73 bits per heavy atom. The number of hydrogen-bond acceptors (Lipinski definition) is 4. The fourth-order valence-corrected chi connectivity index (χ4v) is 3.42. The molecule has 1 aromatic heterocycles. The van der Waals surface area contributed by atoms with Crippen LogP contribution in [0.5, 0.6) is 5.75 Å². The first-order valence-electron chi connectivity index (χ1n) is 8.85. The molecule has 1 heterocycles. The van der Waals surface area contributed by atoms with E-state index in [0.717, 1.165) is 22.0 Å². The van der Waals surface area contributed by atoms with Gasteiger partial charge in [0.2, 0.25) is 5.91 Å². The minimum absolute atomic E-state index is 0.0380. The Balaban J connectivity index is 2.03. The number of carbonyl (C=O) groups is 1. The van der Waals surface area contributed by atoms with Crippen LogP contribution < -0.4 is 4.74 Å². The molecule has 0 aliphatic heterocycles. The van der Waals surface area contributed by atoms with Crippen molar-refractivity contribution in [1.29, 1.82) is 0 Å². The number of thiazole rings is 1. The molecule has 0 aliphatic carbocycles. The third kappa shape index (κ3) is 5.18. The van der Waals surface area contributed by atoms with E-state index in [0.29, 0.717) is 19.7 Å². The second kappa shape index (κ2) is 8.99. The predicted molar refractivity (Wildman–Crippen MR) is 108 cm³/mol. The van der Waals surface area contributed by atoms with Crippen LogP contribution in [0.15, 0.2) is 30.2 Å². The molecule has 5 heteroatoms. The molecule has 0 atom stereocenters. The highest BCUT2D eigenvalue weighted by atomic mass is 32.1. The minimum atomic E-state index is -0.0380. The molecule has 0 spiro atoms. The summed E-state index contributed by atoms with van der Waals surface area (Å²) in [5.74, 6) is 0.980. The summed E-state index contributed by atoms with van der Waals surface area (Å²) in [5.41, 5.74) is 4.47. The van der Waals surface area contributed by atoms with Crippen molar-refractivity contribution < 1.29 is 9.53 Å². The molecule has 1 amide bonds. The van der Waals surface area contributed by atoms with Gasteiger partial charge in [-0.2, -0.15) is 0 Å². The molecular formula is C21H28N2O2S. The first-order chi connectivity index (χ1) is 12.3. The van der Waals surface area contributed by atoms with E-state index in [-0.39, 0.29) is 11.8 Å². The van der Waals surface area contributed by atoms with Gasteiger partial charge in [0, 0.05) is 17.8 Å². The Bertz CT molecular complexity index is 780. The second-order valence-electron chi connectivity index (χ2n) is 6.89. The molecule has 0 unspecified atom stereocenters. The van der Waals surface area contributed by atoms with Crippen LogP contribution >= 0.6 is 11.3 Å². The highest BCUT2D eigenvalue weighted by Crippen LogP contribution is 2.25. The quantitative estimate of drug-likeness (QED) is 0.624. The van der Waals surface area contributed by atoms with Gasteiger partial charge >= 0.3 is 0 Å². The summed E-state index contributed by atoms with van der Waals surface area (Å²) in [7, 11) is 0. The van der Waals surface area contributed by atoms with Crippen LogP contribution in [0.1, 0.15) is 41.2 Å². The first kappa shape index (κ1) is 20.2. The smallest absolute Gasteiger partial charge is 0.225 e. The molecule has 0 bridgehead atoms.